The molecule has 4 nitrogen and oxygen atoms in total. The van der Waals surface area contributed by atoms with Crippen LogP contribution in [-0.2, 0) is 13.6 Å². The standard InChI is InChI=1S/C13H26NO3P/c1-3-16-18(15,17-4-2)12-10-14-11-13(12)8-6-5-7-9-13/h12,14H,3-11H2,1-2H3. The molecule has 0 amide bonds. The van der Waals surface area contributed by atoms with Crippen LogP contribution in [0.5, 0.6) is 0 Å². The molecule has 0 aromatic heterocycles. The van der Waals surface area contributed by atoms with Crippen molar-refractivity contribution in [2.75, 3.05) is 26.3 Å². The van der Waals surface area contributed by atoms with Crippen molar-refractivity contribution in [1.82, 2.24) is 5.32 Å². The molecule has 1 saturated carbocycles. The molecule has 1 saturated heterocycles. The zero-order valence-corrected chi connectivity index (χ0v) is 12.5. The SMILES string of the molecule is CCOP(=O)(OCC)C1CNCC12CCCCC2. The molecule has 2 aliphatic rings. The number of nitrogens with one attached hydrogen (secondary N) is 1. The average molecular weight is 275 g/mol. The zero-order valence-electron chi connectivity index (χ0n) is 11.6. The molecule has 0 radical (unpaired) electrons. The predicted octanol–water partition coefficient (Wildman–Crippen LogP) is 3.17. The van der Waals surface area contributed by atoms with Gasteiger partial charge in [0.25, 0.3) is 0 Å². The lowest BCUT2D eigenvalue weighted by Crippen LogP contribution is -2.37. The van der Waals surface area contributed by atoms with Gasteiger partial charge in [0.2, 0.25) is 0 Å². The summed E-state index contributed by atoms with van der Waals surface area (Å²) in [7, 11) is -2.96. The van der Waals surface area contributed by atoms with Gasteiger partial charge in [0.15, 0.2) is 0 Å². The highest BCUT2D eigenvalue weighted by Crippen LogP contribution is 2.62. The molecule has 2 fully saturated rings. The maximum Gasteiger partial charge on any atom is 0.335 e. The molecular weight excluding hydrogens is 249 g/mol. The van der Waals surface area contributed by atoms with E-state index in [1.807, 2.05) is 13.8 Å². The molecule has 1 N–H and O–H groups in total. The van der Waals surface area contributed by atoms with Gasteiger partial charge in [0.05, 0.1) is 18.9 Å². The van der Waals surface area contributed by atoms with Crippen molar-refractivity contribution >= 4 is 7.60 Å². The van der Waals surface area contributed by atoms with Gasteiger partial charge in [0, 0.05) is 13.1 Å². The van der Waals surface area contributed by atoms with Gasteiger partial charge in [-0.2, -0.15) is 0 Å². The molecular formula is C13H26NO3P. The first-order chi connectivity index (χ1) is 8.67. The zero-order chi connectivity index (χ0) is 13.1. The molecule has 1 spiro atoms. The maximum absolute atomic E-state index is 13.0. The summed E-state index contributed by atoms with van der Waals surface area (Å²) in [5, 5.41) is 3.42. The van der Waals surface area contributed by atoms with Gasteiger partial charge in [-0.1, -0.05) is 19.3 Å². The third-order valence-electron chi connectivity index (χ3n) is 4.37. The summed E-state index contributed by atoms with van der Waals surface area (Å²) in [4.78, 5) is 0. The van der Waals surface area contributed by atoms with Crippen molar-refractivity contribution in [3.05, 3.63) is 0 Å². The quantitative estimate of drug-likeness (QED) is 0.783. The molecule has 0 aromatic rings. The highest BCUT2D eigenvalue weighted by molar-refractivity contribution is 7.54. The molecule has 2 rings (SSSR count). The maximum atomic E-state index is 13.0. The van der Waals surface area contributed by atoms with Crippen LogP contribution in [0.15, 0.2) is 0 Å². The van der Waals surface area contributed by atoms with Gasteiger partial charge in [-0.15, -0.1) is 0 Å². The van der Waals surface area contributed by atoms with Crippen molar-refractivity contribution in [3.8, 4) is 0 Å². The minimum absolute atomic E-state index is 0.0465. The Hall–Kier alpha value is 0.110. The van der Waals surface area contributed by atoms with Gasteiger partial charge in [-0.05, 0) is 32.1 Å². The van der Waals surface area contributed by atoms with E-state index in [1.165, 1.54) is 19.3 Å². The molecule has 5 heteroatoms. The van der Waals surface area contributed by atoms with Gasteiger partial charge >= 0.3 is 7.60 Å². The number of hydrogen-bond acceptors (Lipinski definition) is 4. The Kier molecular flexibility index (Phi) is 4.87. The largest absolute Gasteiger partial charge is 0.335 e. The van der Waals surface area contributed by atoms with Gasteiger partial charge < -0.3 is 14.4 Å². The molecule has 0 aromatic carbocycles. The fourth-order valence-electron chi connectivity index (χ4n) is 3.58. The van der Waals surface area contributed by atoms with Crippen LogP contribution in [0.2, 0.25) is 0 Å². The fraction of sp³-hybridized carbons (Fsp3) is 1.00. The molecule has 1 aliphatic heterocycles. The molecule has 1 aliphatic carbocycles. The van der Waals surface area contributed by atoms with E-state index in [1.54, 1.807) is 0 Å². The summed E-state index contributed by atoms with van der Waals surface area (Å²) in [6.07, 6.45) is 6.12. The second-order valence-corrected chi connectivity index (χ2v) is 7.66. The number of rotatable bonds is 5. The fourth-order valence-corrected chi connectivity index (χ4v) is 6.11. The summed E-state index contributed by atoms with van der Waals surface area (Å²) < 4.78 is 24.2. The van der Waals surface area contributed by atoms with E-state index in [2.05, 4.69) is 5.32 Å². The van der Waals surface area contributed by atoms with Crippen molar-refractivity contribution in [3.63, 3.8) is 0 Å². The molecule has 18 heavy (non-hydrogen) atoms. The van der Waals surface area contributed by atoms with E-state index in [0.29, 0.717) is 13.2 Å². The average Bonchev–Trinajstić information content (AvgIpc) is 2.75. The molecule has 1 heterocycles. The van der Waals surface area contributed by atoms with Gasteiger partial charge in [0.1, 0.15) is 0 Å². The highest BCUT2D eigenvalue weighted by Gasteiger charge is 2.53. The van der Waals surface area contributed by atoms with E-state index in [4.69, 9.17) is 9.05 Å². The van der Waals surface area contributed by atoms with Crippen LogP contribution >= 0.6 is 7.60 Å². The minimum atomic E-state index is -2.96. The molecule has 1 atom stereocenters. The third kappa shape index (κ3) is 2.67. The summed E-state index contributed by atoms with van der Waals surface area (Å²) in [6, 6.07) is 0. The van der Waals surface area contributed by atoms with Crippen molar-refractivity contribution < 1.29 is 13.6 Å². The van der Waals surface area contributed by atoms with E-state index in [-0.39, 0.29) is 11.1 Å². The first-order valence-corrected chi connectivity index (χ1v) is 8.87. The van der Waals surface area contributed by atoms with E-state index >= 15 is 0 Å². The lowest BCUT2D eigenvalue weighted by atomic mass is 9.73. The topological polar surface area (TPSA) is 47.6 Å². The lowest BCUT2D eigenvalue weighted by molar-refractivity contribution is 0.165. The summed E-state index contributed by atoms with van der Waals surface area (Å²) in [5.74, 6) is 0. The highest BCUT2D eigenvalue weighted by atomic mass is 31.2. The van der Waals surface area contributed by atoms with Gasteiger partial charge in [-0.25, -0.2) is 0 Å². The van der Waals surface area contributed by atoms with Crippen LogP contribution in [0.3, 0.4) is 0 Å². The van der Waals surface area contributed by atoms with Crippen LogP contribution < -0.4 is 5.32 Å². The normalized spacial score (nSPS) is 27.8. The predicted molar refractivity (Wildman–Crippen MR) is 73.0 cm³/mol. The summed E-state index contributed by atoms with van der Waals surface area (Å²) in [6.45, 7) is 6.45. The molecule has 0 bridgehead atoms. The Balaban J connectivity index is 2.20. The first-order valence-electron chi connectivity index (χ1n) is 7.26. The third-order valence-corrected chi connectivity index (χ3v) is 7.10. The van der Waals surface area contributed by atoms with E-state index in [0.717, 1.165) is 25.9 Å². The molecule has 106 valence electrons. The Morgan fingerprint density at radius 2 is 1.78 bits per heavy atom. The van der Waals surface area contributed by atoms with E-state index < -0.39 is 7.60 Å². The van der Waals surface area contributed by atoms with Crippen LogP contribution in [0.1, 0.15) is 46.0 Å². The Labute approximate surface area is 110 Å². The Morgan fingerprint density at radius 3 is 2.33 bits per heavy atom. The molecule has 1 unspecified atom stereocenters. The number of hydrogen-bond donors (Lipinski definition) is 1. The van der Waals surface area contributed by atoms with E-state index in [9.17, 15) is 4.57 Å². The summed E-state index contributed by atoms with van der Waals surface area (Å²) >= 11 is 0. The van der Waals surface area contributed by atoms with Crippen molar-refractivity contribution in [2.24, 2.45) is 5.41 Å². The van der Waals surface area contributed by atoms with Crippen molar-refractivity contribution in [2.45, 2.75) is 51.6 Å². The van der Waals surface area contributed by atoms with Crippen LogP contribution in [-0.4, -0.2) is 32.0 Å². The van der Waals surface area contributed by atoms with Crippen molar-refractivity contribution in [1.29, 1.82) is 0 Å². The Bertz CT molecular complexity index is 305. The van der Waals surface area contributed by atoms with Crippen LogP contribution in [0.25, 0.3) is 0 Å². The second-order valence-electron chi connectivity index (χ2n) is 5.45. The Morgan fingerprint density at radius 1 is 1.17 bits per heavy atom. The monoisotopic (exact) mass is 275 g/mol. The van der Waals surface area contributed by atoms with Crippen LogP contribution in [0, 0.1) is 5.41 Å². The van der Waals surface area contributed by atoms with Gasteiger partial charge in [-0.3, -0.25) is 4.57 Å². The van der Waals surface area contributed by atoms with Crippen LogP contribution in [0.4, 0.5) is 0 Å². The smallest absolute Gasteiger partial charge is 0.315 e. The summed E-state index contributed by atoms with van der Waals surface area (Å²) in [5.41, 5.74) is 0.197. The first kappa shape index (κ1) is 14.5. The second kappa shape index (κ2) is 6.04. The lowest BCUT2D eigenvalue weighted by Gasteiger charge is -2.40. The minimum Gasteiger partial charge on any atom is -0.315 e.